The molecule has 7 nitrogen and oxygen atoms in total. The van der Waals surface area contributed by atoms with Crippen molar-refractivity contribution in [2.24, 2.45) is 5.16 Å². The van der Waals surface area contributed by atoms with Crippen LogP contribution in [0.3, 0.4) is 0 Å². The lowest BCUT2D eigenvalue weighted by Crippen LogP contribution is -2.49. The molecular formula is C20H20F4N4O3. The van der Waals surface area contributed by atoms with E-state index in [-0.39, 0.29) is 35.8 Å². The average Bonchev–Trinajstić information content (AvgIpc) is 2.69. The Kier molecular flexibility index (Phi) is 6.65. The van der Waals surface area contributed by atoms with Crippen LogP contribution < -0.4 is 0 Å². The molecule has 1 aromatic heterocycles. The standard InChI is InChI=1S/C20H20F4N4O3/c1-11-25-7-12(16(9-29)27-31)19(26-11)13-5-6-28(10-20(13,23)24)8-17(30)18-14(21)3-2-4-15(18)22/h2-4,7,13,29,31H,5-6,8-10H2,1H3. The number of hydrogen-bond donors (Lipinski definition) is 2. The summed E-state index contributed by atoms with van der Waals surface area (Å²) in [5.74, 6) is -7.57. The van der Waals surface area contributed by atoms with E-state index in [1.165, 1.54) is 13.1 Å². The summed E-state index contributed by atoms with van der Waals surface area (Å²) in [5, 5.41) is 21.4. The maximum atomic E-state index is 15.1. The minimum Gasteiger partial charge on any atom is -0.411 e. The van der Waals surface area contributed by atoms with E-state index in [9.17, 15) is 18.7 Å². The smallest absolute Gasteiger partial charge is 0.268 e. The van der Waals surface area contributed by atoms with Gasteiger partial charge in [-0.3, -0.25) is 9.69 Å². The first-order valence-electron chi connectivity index (χ1n) is 9.41. The van der Waals surface area contributed by atoms with E-state index >= 15 is 8.78 Å². The number of ketones is 1. The van der Waals surface area contributed by atoms with Gasteiger partial charge in [0.1, 0.15) is 23.2 Å². The molecule has 1 aliphatic rings. The molecule has 0 amide bonds. The second-order valence-electron chi connectivity index (χ2n) is 7.25. The monoisotopic (exact) mass is 440 g/mol. The minimum absolute atomic E-state index is 0.00164. The molecule has 0 aliphatic carbocycles. The third-order valence-electron chi connectivity index (χ3n) is 5.14. The van der Waals surface area contributed by atoms with Crippen molar-refractivity contribution < 1.29 is 32.7 Å². The van der Waals surface area contributed by atoms with E-state index in [1.807, 2.05) is 0 Å². The van der Waals surface area contributed by atoms with Crippen LogP contribution in [0.5, 0.6) is 0 Å². The van der Waals surface area contributed by atoms with Gasteiger partial charge in [-0.2, -0.15) is 0 Å². The molecule has 1 fully saturated rings. The van der Waals surface area contributed by atoms with Crippen LogP contribution in [0.25, 0.3) is 0 Å². The minimum atomic E-state index is -3.36. The van der Waals surface area contributed by atoms with Gasteiger partial charge in [0.25, 0.3) is 5.92 Å². The quantitative estimate of drug-likeness (QED) is 0.236. The van der Waals surface area contributed by atoms with Crippen molar-refractivity contribution in [3.8, 4) is 0 Å². The first-order chi connectivity index (χ1) is 14.7. The topological polar surface area (TPSA) is 98.9 Å². The molecule has 11 heteroatoms. The highest BCUT2D eigenvalue weighted by atomic mass is 19.3. The molecule has 1 saturated heterocycles. The lowest BCUT2D eigenvalue weighted by molar-refractivity contribution is -0.0815. The van der Waals surface area contributed by atoms with Gasteiger partial charge in [-0.25, -0.2) is 27.5 Å². The zero-order valence-corrected chi connectivity index (χ0v) is 16.5. The molecule has 0 spiro atoms. The SMILES string of the molecule is Cc1ncc(C(CO)=NO)c(C2CCN(CC(=O)c3c(F)cccc3F)CC2(F)F)n1. The summed E-state index contributed by atoms with van der Waals surface area (Å²) in [6.45, 7) is -0.572. The Morgan fingerprint density at radius 2 is 2.00 bits per heavy atom. The van der Waals surface area contributed by atoms with Crippen molar-refractivity contribution in [2.75, 3.05) is 26.2 Å². The molecule has 1 aromatic carbocycles. The molecule has 0 bridgehead atoms. The van der Waals surface area contributed by atoms with Gasteiger partial charge in [-0.15, -0.1) is 0 Å². The number of benzene rings is 1. The number of rotatable bonds is 6. The fourth-order valence-corrected chi connectivity index (χ4v) is 3.67. The normalized spacial score (nSPS) is 19.4. The van der Waals surface area contributed by atoms with Crippen molar-refractivity contribution >= 4 is 11.5 Å². The second-order valence-corrected chi connectivity index (χ2v) is 7.25. The lowest BCUT2D eigenvalue weighted by atomic mass is 9.86. The summed E-state index contributed by atoms with van der Waals surface area (Å²) in [6, 6.07) is 2.97. The first-order valence-corrected chi connectivity index (χ1v) is 9.41. The summed E-state index contributed by atoms with van der Waals surface area (Å²) in [4.78, 5) is 21.5. The number of nitrogens with zero attached hydrogens (tertiary/aromatic N) is 4. The van der Waals surface area contributed by atoms with E-state index in [0.717, 1.165) is 23.1 Å². The fraction of sp³-hybridized carbons (Fsp3) is 0.400. The molecule has 31 heavy (non-hydrogen) atoms. The number of aromatic nitrogens is 2. The number of aliphatic hydroxyl groups excluding tert-OH is 1. The zero-order chi connectivity index (χ0) is 22.8. The number of likely N-dealkylation sites (tertiary alicyclic amines) is 1. The number of halogens is 4. The molecule has 1 unspecified atom stereocenters. The van der Waals surface area contributed by atoms with Crippen LogP contribution in [0.2, 0.25) is 0 Å². The van der Waals surface area contributed by atoms with Crippen molar-refractivity contribution in [1.29, 1.82) is 0 Å². The Morgan fingerprint density at radius 1 is 1.32 bits per heavy atom. The largest absolute Gasteiger partial charge is 0.411 e. The van der Waals surface area contributed by atoms with Gasteiger partial charge in [0.05, 0.1) is 36.9 Å². The third-order valence-corrected chi connectivity index (χ3v) is 5.14. The highest BCUT2D eigenvalue weighted by Gasteiger charge is 2.47. The number of carbonyl (C=O) groups excluding carboxylic acids is 1. The fourth-order valence-electron chi connectivity index (χ4n) is 3.67. The van der Waals surface area contributed by atoms with Crippen LogP contribution in [0, 0.1) is 18.6 Å². The van der Waals surface area contributed by atoms with Crippen LogP contribution >= 0.6 is 0 Å². The van der Waals surface area contributed by atoms with E-state index in [2.05, 4.69) is 15.1 Å². The summed E-state index contributed by atoms with van der Waals surface area (Å²) < 4.78 is 57.8. The Morgan fingerprint density at radius 3 is 2.58 bits per heavy atom. The van der Waals surface area contributed by atoms with Crippen molar-refractivity contribution in [3.63, 3.8) is 0 Å². The highest BCUT2D eigenvalue weighted by molar-refractivity contribution is 6.02. The van der Waals surface area contributed by atoms with Crippen LogP contribution in [0.4, 0.5) is 17.6 Å². The van der Waals surface area contributed by atoms with E-state index in [0.29, 0.717) is 0 Å². The molecule has 166 valence electrons. The Bertz CT molecular complexity index is 996. The van der Waals surface area contributed by atoms with Crippen molar-refractivity contribution in [3.05, 3.63) is 58.7 Å². The number of hydrogen-bond acceptors (Lipinski definition) is 7. The molecule has 3 rings (SSSR count). The van der Waals surface area contributed by atoms with Gasteiger partial charge in [-0.05, 0) is 32.0 Å². The van der Waals surface area contributed by atoms with Gasteiger partial charge in [0.2, 0.25) is 0 Å². The van der Waals surface area contributed by atoms with E-state index in [1.54, 1.807) is 0 Å². The number of carbonyl (C=O) groups is 1. The van der Waals surface area contributed by atoms with Crippen molar-refractivity contribution in [1.82, 2.24) is 14.9 Å². The predicted molar refractivity (Wildman–Crippen MR) is 102 cm³/mol. The van der Waals surface area contributed by atoms with Crippen LogP contribution in [-0.2, 0) is 0 Å². The average molecular weight is 440 g/mol. The number of Topliss-reactive ketones (excluding diaryl/α,β-unsaturated/α-hetero) is 1. The molecule has 2 aromatic rings. The van der Waals surface area contributed by atoms with Crippen LogP contribution in [0.1, 0.15) is 39.8 Å². The van der Waals surface area contributed by atoms with Gasteiger partial charge in [0.15, 0.2) is 5.78 Å². The molecule has 2 heterocycles. The number of aliphatic hydroxyl groups is 1. The number of piperidine rings is 1. The second kappa shape index (κ2) is 9.06. The summed E-state index contributed by atoms with van der Waals surface area (Å²) in [6.07, 6.45) is 1.07. The van der Waals surface area contributed by atoms with Crippen LogP contribution in [-0.4, -0.2) is 68.8 Å². The highest BCUT2D eigenvalue weighted by Crippen LogP contribution is 2.41. The third kappa shape index (κ3) is 4.72. The Balaban J connectivity index is 1.83. The molecule has 1 aliphatic heterocycles. The van der Waals surface area contributed by atoms with Gasteiger partial charge < -0.3 is 10.3 Å². The van der Waals surface area contributed by atoms with E-state index < -0.39 is 54.5 Å². The lowest BCUT2D eigenvalue weighted by Gasteiger charge is -2.38. The van der Waals surface area contributed by atoms with Gasteiger partial charge in [0, 0.05) is 11.8 Å². The van der Waals surface area contributed by atoms with Crippen LogP contribution in [0.15, 0.2) is 29.6 Å². The Labute approximate surface area is 175 Å². The first kappa shape index (κ1) is 22.8. The number of aryl methyl sites for hydroxylation is 1. The maximum absolute atomic E-state index is 15.1. The maximum Gasteiger partial charge on any atom is 0.268 e. The predicted octanol–water partition coefficient (Wildman–Crippen LogP) is 2.54. The molecule has 0 saturated carbocycles. The molecule has 1 atom stereocenters. The molecule has 2 N–H and O–H groups in total. The van der Waals surface area contributed by atoms with Gasteiger partial charge >= 0.3 is 0 Å². The molecular weight excluding hydrogens is 420 g/mol. The summed E-state index contributed by atoms with van der Waals surface area (Å²) >= 11 is 0. The number of oxime groups is 1. The van der Waals surface area contributed by atoms with Gasteiger partial charge in [-0.1, -0.05) is 11.2 Å². The summed E-state index contributed by atoms with van der Waals surface area (Å²) in [7, 11) is 0. The molecule has 0 radical (unpaired) electrons. The van der Waals surface area contributed by atoms with Crippen molar-refractivity contribution in [2.45, 2.75) is 25.2 Å². The van der Waals surface area contributed by atoms with E-state index in [4.69, 9.17) is 5.21 Å². The zero-order valence-electron chi connectivity index (χ0n) is 16.5. The summed E-state index contributed by atoms with van der Waals surface area (Å²) in [5.41, 5.74) is -1.09. The Hall–Kier alpha value is -2.92. The number of alkyl halides is 2.